The van der Waals surface area contributed by atoms with Crippen LogP contribution in [0, 0.1) is 17.0 Å². The molecule has 2 aromatic rings. The van der Waals surface area contributed by atoms with Crippen LogP contribution < -0.4 is 10.1 Å². The number of nitrogens with zero attached hydrogens (tertiary/aromatic N) is 1. The molecule has 0 aromatic heterocycles. The third-order valence-corrected chi connectivity index (χ3v) is 3.59. The van der Waals surface area contributed by atoms with E-state index in [2.05, 4.69) is 5.32 Å². The molecule has 2 aromatic carbocycles. The fourth-order valence-corrected chi connectivity index (χ4v) is 2.39. The maximum atomic E-state index is 11.7. The molecule has 0 unspecified atom stereocenters. The average Bonchev–Trinajstić information content (AvgIpc) is 2.54. The minimum Gasteiger partial charge on any atom is -0.488 e. The van der Waals surface area contributed by atoms with Crippen LogP contribution in [0.2, 0.25) is 10.0 Å². The van der Waals surface area contributed by atoms with Gasteiger partial charge in [0.15, 0.2) is 0 Å². The van der Waals surface area contributed by atoms with Crippen LogP contribution in [0.1, 0.15) is 5.56 Å². The summed E-state index contributed by atoms with van der Waals surface area (Å²) in [5.41, 5.74) is 0.558. The Balaban J connectivity index is 1.84. The molecule has 0 aliphatic heterocycles. The fourth-order valence-electron chi connectivity index (χ4n) is 1.92. The standard InChI is InChI=1S/C16H14Cl2N2O5/c1-10-2-4-13(14(8-10)20(22)23)19-16(21)25-7-6-24-15-5-3-11(17)9-12(15)18/h2-5,8-9H,6-7H2,1H3,(H,19,21). The number of hydrogen-bond donors (Lipinski definition) is 1. The number of rotatable bonds is 6. The number of carbonyl (C=O) groups excluding carboxylic acids is 1. The topological polar surface area (TPSA) is 90.7 Å². The van der Waals surface area contributed by atoms with Crippen LogP contribution in [0.25, 0.3) is 0 Å². The van der Waals surface area contributed by atoms with E-state index >= 15 is 0 Å². The summed E-state index contributed by atoms with van der Waals surface area (Å²) in [6.45, 7) is 1.71. The third kappa shape index (κ3) is 5.51. The molecule has 0 fully saturated rings. The van der Waals surface area contributed by atoms with E-state index < -0.39 is 11.0 Å². The average molecular weight is 385 g/mol. The second kappa shape index (κ2) is 8.55. The molecule has 2 rings (SSSR count). The quantitative estimate of drug-likeness (QED) is 0.437. The Kier molecular flexibility index (Phi) is 6.44. The molecule has 0 aliphatic carbocycles. The second-order valence-electron chi connectivity index (χ2n) is 4.96. The molecule has 0 saturated heterocycles. The second-order valence-corrected chi connectivity index (χ2v) is 5.81. The van der Waals surface area contributed by atoms with Crippen LogP contribution in [0.3, 0.4) is 0 Å². The molecule has 9 heteroatoms. The summed E-state index contributed by atoms with van der Waals surface area (Å²) in [6, 6.07) is 9.20. The summed E-state index contributed by atoms with van der Waals surface area (Å²) in [5.74, 6) is 0.407. The minimum atomic E-state index is -0.822. The van der Waals surface area contributed by atoms with Gasteiger partial charge in [-0.15, -0.1) is 0 Å². The monoisotopic (exact) mass is 384 g/mol. The lowest BCUT2D eigenvalue weighted by atomic mass is 10.2. The Morgan fingerprint density at radius 1 is 1.20 bits per heavy atom. The largest absolute Gasteiger partial charge is 0.488 e. The first-order valence-corrected chi connectivity index (χ1v) is 7.89. The fraction of sp³-hybridized carbons (Fsp3) is 0.188. The highest BCUT2D eigenvalue weighted by molar-refractivity contribution is 6.35. The van der Waals surface area contributed by atoms with Crippen LogP contribution in [-0.2, 0) is 4.74 Å². The summed E-state index contributed by atoms with van der Waals surface area (Å²) < 4.78 is 10.3. The number of nitro benzene ring substituents is 1. The molecule has 0 radical (unpaired) electrons. The number of nitrogens with one attached hydrogen (secondary N) is 1. The molecule has 0 bridgehead atoms. The van der Waals surface area contributed by atoms with Crippen molar-refractivity contribution < 1.29 is 19.2 Å². The van der Waals surface area contributed by atoms with Gasteiger partial charge in [-0.05, 0) is 36.8 Å². The lowest BCUT2D eigenvalue weighted by Gasteiger charge is -2.10. The van der Waals surface area contributed by atoms with Gasteiger partial charge in [-0.1, -0.05) is 29.3 Å². The van der Waals surface area contributed by atoms with E-state index in [1.165, 1.54) is 18.2 Å². The number of halogens is 2. The van der Waals surface area contributed by atoms with Crippen LogP contribution in [-0.4, -0.2) is 24.2 Å². The van der Waals surface area contributed by atoms with E-state index in [-0.39, 0.29) is 24.6 Å². The smallest absolute Gasteiger partial charge is 0.411 e. The Hall–Kier alpha value is -2.51. The van der Waals surface area contributed by atoms with Gasteiger partial charge >= 0.3 is 6.09 Å². The van der Waals surface area contributed by atoms with Gasteiger partial charge in [-0.25, -0.2) is 4.79 Å². The molecule has 0 heterocycles. The van der Waals surface area contributed by atoms with E-state index in [1.54, 1.807) is 25.1 Å². The maximum Gasteiger partial charge on any atom is 0.411 e. The predicted molar refractivity (Wildman–Crippen MR) is 94.8 cm³/mol. The van der Waals surface area contributed by atoms with Crippen molar-refractivity contribution in [1.82, 2.24) is 0 Å². The highest BCUT2D eigenvalue weighted by Crippen LogP contribution is 2.27. The first-order chi connectivity index (χ1) is 11.9. The van der Waals surface area contributed by atoms with Crippen LogP contribution in [0.5, 0.6) is 5.75 Å². The number of hydrogen-bond acceptors (Lipinski definition) is 5. The summed E-state index contributed by atoms with van der Waals surface area (Å²) in [5, 5.41) is 14.2. The normalized spacial score (nSPS) is 10.2. The van der Waals surface area contributed by atoms with Gasteiger partial charge in [0.25, 0.3) is 5.69 Å². The molecular weight excluding hydrogens is 371 g/mol. The first kappa shape index (κ1) is 18.8. The molecule has 0 spiro atoms. The van der Waals surface area contributed by atoms with Gasteiger partial charge in [0, 0.05) is 11.1 Å². The summed E-state index contributed by atoms with van der Waals surface area (Å²) in [7, 11) is 0. The molecule has 25 heavy (non-hydrogen) atoms. The Morgan fingerprint density at radius 2 is 1.96 bits per heavy atom. The van der Waals surface area contributed by atoms with Crippen molar-refractivity contribution in [1.29, 1.82) is 0 Å². The molecule has 0 atom stereocenters. The van der Waals surface area contributed by atoms with Crippen LogP contribution >= 0.6 is 23.2 Å². The zero-order valence-corrected chi connectivity index (χ0v) is 14.6. The summed E-state index contributed by atoms with van der Waals surface area (Å²) in [4.78, 5) is 22.2. The number of nitro groups is 1. The predicted octanol–water partition coefficient (Wildman–Crippen LogP) is 4.84. The molecule has 132 valence electrons. The molecule has 1 amide bonds. The summed E-state index contributed by atoms with van der Waals surface area (Å²) >= 11 is 11.7. The van der Waals surface area contributed by atoms with Crippen molar-refractivity contribution in [2.45, 2.75) is 6.92 Å². The van der Waals surface area contributed by atoms with Crippen molar-refractivity contribution in [3.8, 4) is 5.75 Å². The Bertz CT molecular complexity index is 798. The maximum absolute atomic E-state index is 11.7. The number of aryl methyl sites for hydroxylation is 1. The van der Waals surface area contributed by atoms with Gasteiger partial charge in [0.2, 0.25) is 0 Å². The molecular formula is C16H14Cl2N2O5. The van der Waals surface area contributed by atoms with E-state index in [9.17, 15) is 14.9 Å². The zero-order chi connectivity index (χ0) is 18.4. The zero-order valence-electron chi connectivity index (χ0n) is 13.1. The van der Waals surface area contributed by atoms with Gasteiger partial charge in [-0.3, -0.25) is 15.4 Å². The van der Waals surface area contributed by atoms with Crippen molar-refractivity contribution in [3.05, 3.63) is 62.1 Å². The van der Waals surface area contributed by atoms with Gasteiger partial charge in [0.1, 0.15) is 24.7 Å². The Morgan fingerprint density at radius 3 is 2.64 bits per heavy atom. The van der Waals surface area contributed by atoms with E-state index in [1.807, 2.05) is 0 Å². The SMILES string of the molecule is Cc1ccc(NC(=O)OCCOc2ccc(Cl)cc2Cl)c([N+](=O)[O-])c1. The van der Waals surface area contributed by atoms with E-state index in [0.29, 0.717) is 21.4 Å². The third-order valence-electron chi connectivity index (χ3n) is 3.05. The van der Waals surface area contributed by atoms with Gasteiger partial charge in [0.05, 0.1) is 9.95 Å². The van der Waals surface area contributed by atoms with E-state index in [4.69, 9.17) is 32.7 Å². The van der Waals surface area contributed by atoms with Gasteiger partial charge < -0.3 is 9.47 Å². The van der Waals surface area contributed by atoms with Crippen LogP contribution in [0.4, 0.5) is 16.2 Å². The lowest BCUT2D eigenvalue weighted by molar-refractivity contribution is -0.384. The van der Waals surface area contributed by atoms with Crippen molar-refractivity contribution in [3.63, 3.8) is 0 Å². The van der Waals surface area contributed by atoms with Crippen LogP contribution in [0.15, 0.2) is 36.4 Å². The van der Waals surface area contributed by atoms with Crippen molar-refractivity contribution >= 4 is 40.7 Å². The minimum absolute atomic E-state index is 0.0577. The molecule has 0 saturated carbocycles. The number of benzene rings is 2. The van der Waals surface area contributed by atoms with Gasteiger partial charge in [-0.2, -0.15) is 0 Å². The number of amides is 1. The molecule has 0 aliphatic rings. The van der Waals surface area contributed by atoms with Crippen molar-refractivity contribution in [2.24, 2.45) is 0 Å². The highest BCUT2D eigenvalue weighted by Gasteiger charge is 2.16. The number of ether oxygens (including phenoxy) is 2. The van der Waals surface area contributed by atoms with E-state index in [0.717, 1.165) is 0 Å². The first-order valence-electron chi connectivity index (χ1n) is 7.13. The number of anilines is 1. The van der Waals surface area contributed by atoms with Crippen molar-refractivity contribution in [2.75, 3.05) is 18.5 Å². The molecule has 1 N–H and O–H groups in total. The highest BCUT2D eigenvalue weighted by atomic mass is 35.5. The molecule has 7 nitrogen and oxygen atoms in total. The summed E-state index contributed by atoms with van der Waals surface area (Å²) in [6.07, 6.45) is -0.822. The Labute approximate surface area is 153 Å². The number of carbonyl (C=O) groups is 1. The lowest BCUT2D eigenvalue weighted by Crippen LogP contribution is -2.18.